The minimum atomic E-state index is 0.616. The Bertz CT molecular complexity index is 581. The summed E-state index contributed by atoms with van der Waals surface area (Å²) < 4.78 is 10.8. The van der Waals surface area contributed by atoms with Crippen molar-refractivity contribution in [2.24, 2.45) is 5.73 Å². The largest absolute Gasteiger partial charge is 0.497 e. The van der Waals surface area contributed by atoms with Crippen LogP contribution >= 0.6 is 11.3 Å². The van der Waals surface area contributed by atoms with Gasteiger partial charge in [-0.15, -0.1) is 11.3 Å². The van der Waals surface area contributed by atoms with E-state index in [1.807, 2.05) is 18.2 Å². The average molecular weight is 292 g/mol. The van der Waals surface area contributed by atoms with Gasteiger partial charge in [0.05, 0.1) is 24.9 Å². The summed E-state index contributed by atoms with van der Waals surface area (Å²) in [6.07, 6.45) is 1.75. The van der Waals surface area contributed by atoms with Gasteiger partial charge in [-0.05, 0) is 37.6 Å². The minimum Gasteiger partial charge on any atom is -0.497 e. The smallest absolute Gasteiger partial charge is 0.128 e. The molecule has 5 heteroatoms. The van der Waals surface area contributed by atoms with Crippen LogP contribution in [0.3, 0.4) is 0 Å². The summed E-state index contributed by atoms with van der Waals surface area (Å²) in [5.74, 6) is 1.60. The topological polar surface area (TPSA) is 57.4 Å². The van der Waals surface area contributed by atoms with E-state index in [4.69, 9.17) is 20.2 Å². The lowest BCUT2D eigenvalue weighted by Gasteiger charge is -2.10. The summed E-state index contributed by atoms with van der Waals surface area (Å²) >= 11 is 1.72. The molecule has 0 aliphatic heterocycles. The molecule has 0 atom stereocenters. The number of methoxy groups -OCH3 is 2. The lowest BCUT2D eigenvalue weighted by molar-refractivity contribution is 0.404. The van der Waals surface area contributed by atoms with Crippen LogP contribution in [0, 0.1) is 0 Å². The van der Waals surface area contributed by atoms with Gasteiger partial charge < -0.3 is 15.2 Å². The van der Waals surface area contributed by atoms with Crippen molar-refractivity contribution in [3.05, 3.63) is 28.1 Å². The number of aryl methyl sites for hydroxylation is 1. The molecule has 0 fully saturated rings. The minimum absolute atomic E-state index is 0.616. The summed E-state index contributed by atoms with van der Waals surface area (Å²) in [6, 6.07) is 5.76. The molecule has 1 heterocycles. The monoisotopic (exact) mass is 292 g/mol. The first-order valence-electron chi connectivity index (χ1n) is 6.64. The van der Waals surface area contributed by atoms with Crippen LogP contribution in [-0.4, -0.2) is 25.7 Å². The van der Waals surface area contributed by atoms with Crippen molar-refractivity contribution >= 4 is 11.3 Å². The van der Waals surface area contributed by atoms with Crippen LogP contribution in [-0.2, 0) is 12.8 Å². The highest BCUT2D eigenvalue weighted by molar-refractivity contribution is 7.12. The molecule has 0 aliphatic carbocycles. The van der Waals surface area contributed by atoms with Gasteiger partial charge in [-0.2, -0.15) is 0 Å². The molecule has 0 aliphatic rings. The quantitative estimate of drug-likeness (QED) is 0.889. The second-order valence-corrected chi connectivity index (χ2v) is 5.51. The highest BCUT2D eigenvalue weighted by Crippen LogP contribution is 2.37. The molecule has 108 valence electrons. The predicted molar refractivity (Wildman–Crippen MR) is 82.8 cm³/mol. The Hall–Kier alpha value is -1.59. The molecule has 1 aromatic carbocycles. The summed E-state index contributed by atoms with van der Waals surface area (Å²) in [4.78, 5) is 5.93. The third-order valence-corrected chi connectivity index (χ3v) is 4.34. The fourth-order valence-corrected chi connectivity index (χ4v) is 3.10. The van der Waals surface area contributed by atoms with Gasteiger partial charge in [0.1, 0.15) is 11.5 Å². The maximum Gasteiger partial charge on any atom is 0.128 e. The summed E-state index contributed by atoms with van der Waals surface area (Å²) in [7, 11) is 3.33. The molecule has 2 aromatic rings. The zero-order chi connectivity index (χ0) is 14.5. The van der Waals surface area contributed by atoms with Crippen LogP contribution in [0.2, 0.25) is 0 Å². The fourth-order valence-electron chi connectivity index (χ4n) is 2.06. The number of aromatic nitrogens is 1. The first-order chi connectivity index (χ1) is 9.73. The molecule has 1 aromatic heterocycles. The second kappa shape index (κ2) is 6.72. The van der Waals surface area contributed by atoms with E-state index in [0.29, 0.717) is 6.54 Å². The lowest BCUT2D eigenvalue weighted by Crippen LogP contribution is -2.02. The second-order valence-electron chi connectivity index (χ2n) is 4.34. The average Bonchev–Trinajstić information content (AvgIpc) is 2.90. The predicted octanol–water partition coefficient (Wildman–Crippen LogP) is 2.89. The van der Waals surface area contributed by atoms with Crippen molar-refractivity contribution in [2.45, 2.75) is 19.8 Å². The van der Waals surface area contributed by atoms with Crippen LogP contribution in [0.4, 0.5) is 0 Å². The third-order valence-electron chi connectivity index (χ3n) is 3.08. The molecule has 20 heavy (non-hydrogen) atoms. The summed E-state index contributed by atoms with van der Waals surface area (Å²) in [6.45, 7) is 2.72. The molecule has 0 bridgehead atoms. The van der Waals surface area contributed by atoms with E-state index in [1.165, 1.54) is 4.88 Å². The van der Waals surface area contributed by atoms with Gasteiger partial charge >= 0.3 is 0 Å². The standard InChI is InChI=1S/C15H20N2O2S/c1-4-14-17-15(13(20-14)7-8-16)11-9-10(18-2)5-6-12(11)19-3/h5-6,9H,4,7-8,16H2,1-3H3. The Labute approximate surface area is 123 Å². The number of hydrogen-bond donors (Lipinski definition) is 1. The SMILES string of the molecule is CCc1nc(-c2cc(OC)ccc2OC)c(CCN)s1. The molecule has 0 spiro atoms. The van der Waals surface area contributed by atoms with E-state index in [0.717, 1.165) is 40.6 Å². The number of nitrogens with zero attached hydrogens (tertiary/aromatic N) is 1. The maximum atomic E-state index is 5.71. The van der Waals surface area contributed by atoms with Crippen LogP contribution < -0.4 is 15.2 Å². The van der Waals surface area contributed by atoms with Gasteiger partial charge in [0.2, 0.25) is 0 Å². The normalized spacial score (nSPS) is 10.6. The number of nitrogens with two attached hydrogens (primary N) is 1. The lowest BCUT2D eigenvalue weighted by atomic mass is 10.1. The van der Waals surface area contributed by atoms with E-state index in [2.05, 4.69) is 6.92 Å². The molecule has 4 nitrogen and oxygen atoms in total. The van der Waals surface area contributed by atoms with Gasteiger partial charge in [-0.25, -0.2) is 4.98 Å². The number of thiazole rings is 1. The highest BCUT2D eigenvalue weighted by atomic mass is 32.1. The van der Waals surface area contributed by atoms with E-state index in [1.54, 1.807) is 25.6 Å². The van der Waals surface area contributed by atoms with Crippen LogP contribution in [0.25, 0.3) is 11.3 Å². The van der Waals surface area contributed by atoms with Crippen molar-refractivity contribution in [3.63, 3.8) is 0 Å². The molecule has 0 radical (unpaired) electrons. The Balaban J connectivity index is 2.56. The zero-order valence-corrected chi connectivity index (χ0v) is 12.9. The van der Waals surface area contributed by atoms with Gasteiger partial charge in [0.15, 0.2) is 0 Å². The maximum absolute atomic E-state index is 5.71. The molecule has 0 amide bonds. The Morgan fingerprint density at radius 1 is 1.25 bits per heavy atom. The summed E-state index contributed by atoms with van der Waals surface area (Å²) in [5.41, 5.74) is 7.64. The highest BCUT2D eigenvalue weighted by Gasteiger charge is 2.16. The van der Waals surface area contributed by atoms with E-state index in [9.17, 15) is 0 Å². The van der Waals surface area contributed by atoms with Crippen molar-refractivity contribution in [1.29, 1.82) is 0 Å². The van der Waals surface area contributed by atoms with E-state index >= 15 is 0 Å². The first kappa shape index (κ1) is 14.8. The van der Waals surface area contributed by atoms with Gasteiger partial charge in [0, 0.05) is 10.4 Å². The molecular formula is C15H20N2O2S. The van der Waals surface area contributed by atoms with Crippen molar-refractivity contribution < 1.29 is 9.47 Å². The number of benzene rings is 1. The molecule has 2 rings (SSSR count). The Morgan fingerprint density at radius 3 is 2.65 bits per heavy atom. The number of hydrogen-bond acceptors (Lipinski definition) is 5. The van der Waals surface area contributed by atoms with Gasteiger partial charge in [-0.3, -0.25) is 0 Å². The summed E-state index contributed by atoms with van der Waals surface area (Å²) in [5, 5.41) is 1.12. The first-order valence-corrected chi connectivity index (χ1v) is 7.46. The molecule has 2 N–H and O–H groups in total. The fraction of sp³-hybridized carbons (Fsp3) is 0.400. The molecule has 0 unspecified atom stereocenters. The van der Waals surface area contributed by atoms with Gasteiger partial charge in [-0.1, -0.05) is 6.92 Å². The molecule has 0 saturated carbocycles. The van der Waals surface area contributed by atoms with Crippen molar-refractivity contribution in [1.82, 2.24) is 4.98 Å². The van der Waals surface area contributed by atoms with Crippen LogP contribution in [0.1, 0.15) is 16.8 Å². The zero-order valence-electron chi connectivity index (χ0n) is 12.1. The third kappa shape index (κ3) is 2.94. The van der Waals surface area contributed by atoms with Crippen LogP contribution in [0.5, 0.6) is 11.5 Å². The molecule has 0 saturated heterocycles. The molecular weight excluding hydrogens is 272 g/mol. The van der Waals surface area contributed by atoms with Gasteiger partial charge in [0.25, 0.3) is 0 Å². The number of ether oxygens (including phenoxy) is 2. The van der Waals surface area contributed by atoms with Crippen LogP contribution in [0.15, 0.2) is 18.2 Å². The Morgan fingerprint density at radius 2 is 2.05 bits per heavy atom. The van der Waals surface area contributed by atoms with Crippen molar-refractivity contribution in [3.8, 4) is 22.8 Å². The number of rotatable bonds is 6. The van der Waals surface area contributed by atoms with E-state index in [-0.39, 0.29) is 0 Å². The van der Waals surface area contributed by atoms with Crippen molar-refractivity contribution in [2.75, 3.05) is 20.8 Å². The van der Waals surface area contributed by atoms with E-state index < -0.39 is 0 Å². The Kier molecular flexibility index (Phi) is 4.98.